The standard InChI is InChI=1S/C19H19FN6OS/c1-24-6-8-25(9-7-24)19(27)18-23-15-16(21-11-22-17(15)28-18)26-5-4-12-10-13(20)2-3-14(12)26/h2-3,10-11H,4-9H2,1H3. The third-order valence-corrected chi connectivity index (χ3v) is 6.29. The molecule has 1 amide bonds. The summed E-state index contributed by atoms with van der Waals surface area (Å²) >= 11 is 1.30. The molecule has 0 radical (unpaired) electrons. The van der Waals surface area contributed by atoms with Crippen LogP contribution >= 0.6 is 11.3 Å². The fourth-order valence-electron chi connectivity index (χ4n) is 3.77. The summed E-state index contributed by atoms with van der Waals surface area (Å²) in [6.45, 7) is 3.83. The van der Waals surface area contributed by atoms with E-state index in [0.29, 0.717) is 40.8 Å². The summed E-state index contributed by atoms with van der Waals surface area (Å²) in [4.78, 5) is 33.0. The molecule has 0 N–H and O–H groups in total. The molecule has 28 heavy (non-hydrogen) atoms. The van der Waals surface area contributed by atoms with Gasteiger partial charge in [-0.05, 0) is 37.2 Å². The third kappa shape index (κ3) is 2.91. The zero-order chi connectivity index (χ0) is 19.3. The number of aromatic nitrogens is 3. The minimum Gasteiger partial charge on any atom is -0.334 e. The summed E-state index contributed by atoms with van der Waals surface area (Å²) in [6.07, 6.45) is 2.25. The van der Waals surface area contributed by atoms with Crippen LogP contribution in [0.15, 0.2) is 24.5 Å². The maximum Gasteiger partial charge on any atom is 0.283 e. The van der Waals surface area contributed by atoms with Gasteiger partial charge >= 0.3 is 0 Å². The number of piperazine rings is 1. The van der Waals surface area contributed by atoms with Crippen molar-refractivity contribution in [2.45, 2.75) is 6.42 Å². The fourth-order valence-corrected chi connectivity index (χ4v) is 4.64. The number of nitrogens with zero attached hydrogens (tertiary/aromatic N) is 6. The second-order valence-electron chi connectivity index (χ2n) is 7.14. The zero-order valence-electron chi connectivity index (χ0n) is 15.4. The van der Waals surface area contributed by atoms with Gasteiger partial charge in [-0.15, -0.1) is 0 Å². The molecule has 9 heteroatoms. The van der Waals surface area contributed by atoms with E-state index in [-0.39, 0.29) is 11.7 Å². The van der Waals surface area contributed by atoms with Gasteiger partial charge in [0.25, 0.3) is 5.91 Å². The van der Waals surface area contributed by atoms with Crippen LogP contribution in [0.3, 0.4) is 0 Å². The van der Waals surface area contributed by atoms with Crippen molar-refractivity contribution in [3.05, 3.63) is 40.9 Å². The highest BCUT2D eigenvalue weighted by Gasteiger charge is 2.28. The van der Waals surface area contributed by atoms with Gasteiger partial charge < -0.3 is 14.7 Å². The van der Waals surface area contributed by atoms with E-state index in [1.807, 2.05) is 9.80 Å². The summed E-state index contributed by atoms with van der Waals surface area (Å²) < 4.78 is 13.5. The summed E-state index contributed by atoms with van der Waals surface area (Å²) in [5.41, 5.74) is 2.51. The molecule has 144 valence electrons. The number of carbonyl (C=O) groups excluding carboxylic acids is 1. The highest BCUT2D eigenvalue weighted by atomic mass is 32.1. The SMILES string of the molecule is CN1CCN(C(=O)c2nc3c(N4CCc5cc(F)ccc54)ncnc3s2)CC1. The van der Waals surface area contributed by atoms with Gasteiger partial charge in [-0.3, -0.25) is 4.79 Å². The Bertz CT molecular complexity index is 1060. The Labute approximate surface area is 165 Å². The van der Waals surface area contributed by atoms with Gasteiger partial charge in [0, 0.05) is 38.4 Å². The Morgan fingerprint density at radius 1 is 1.14 bits per heavy atom. The first-order chi connectivity index (χ1) is 13.6. The molecule has 0 saturated carbocycles. The van der Waals surface area contributed by atoms with Gasteiger partial charge in [0.05, 0.1) is 0 Å². The summed E-state index contributed by atoms with van der Waals surface area (Å²) in [5.74, 6) is 0.386. The van der Waals surface area contributed by atoms with Crippen LogP contribution in [-0.4, -0.2) is 70.4 Å². The smallest absolute Gasteiger partial charge is 0.283 e. The lowest BCUT2D eigenvalue weighted by atomic mass is 10.2. The largest absolute Gasteiger partial charge is 0.334 e. The number of anilines is 2. The first-order valence-corrected chi connectivity index (χ1v) is 10.1. The van der Waals surface area contributed by atoms with E-state index in [1.165, 1.54) is 23.7 Å². The van der Waals surface area contributed by atoms with E-state index in [9.17, 15) is 9.18 Å². The molecule has 2 aliphatic rings. The minimum absolute atomic E-state index is 0.0501. The van der Waals surface area contributed by atoms with E-state index >= 15 is 0 Å². The van der Waals surface area contributed by atoms with Crippen LogP contribution < -0.4 is 4.90 Å². The summed E-state index contributed by atoms with van der Waals surface area (Å²) in [5, 5.41) is 0.444. The predicted molar refractivity (Wildman–Crippen MR) is 106 cm³/mol. The molecule has 7 nitrogen and oxygen atoms in total. The molecular weight excluding hydrogens is 379 g/mol. The van der Waals surface area contributed by atoms with Crippen LogP contribution in [0.5, 0.6) is 0 Å². The normalized spacial score (nSPS) is 17.4. The fraction of sp³-hybridized carbons (Fsp3) is 0.368. The number of rotatable bonds is 2. The molecular formula is C19H19FN6OS. The average molecular weight is 398 g/mol. The lowest BCUT2D eigenvalue weighted by Gasteiger charge is -2.31. The van der Waals surface area contributed by atoms with Crippen molar-refractivity contribution in [1.82, 2.24) is 24.8 Å². The quantitative estimate of drug-likeness (QED) is 0.660. The zero-order valence-corrected chi connectivity index (χ0v) is 16.2. The summed E-state index contributed by atoms with van der Waals surface area (Å²) in [6, 6.07) is 4.80. The number of halogens is 1. The first kappa shape index (κ1) is 17.4. The second-order valence-corrected chi connectivity index (χ2v) is 8.12. The highest BCUT2D eigenvalue weighted by molar-refractivity contribution is 7.19. The van der Waals surface area contributed by atoms with Crippen LogP contribution in [0.2, 0.25) is 0 Å². The molecule has 0 bridgehead atoms. The van der Waals surface area contributed by atoms with E-state index in [1.54, 1.807) is 12.1 Å². The van der Waals surface area contributed by atoms with E-state index in [4.69, 9.17) is 0 Å². The van der Waals surface area contributed by atoms with Crippen LogP contribution in [0.1, 0.15) is 15.4 Å². The minimum atomic E-state index is -0.234. The summed E-state index contributed by atoms with van der Waals surface area (Å²) in [7, 11) is 2.06. The molecule has 1 fully saturated rings. The van der Waals surface area contributed by atoms with E-state index in [2.05, 4.69) is 26.9 Å². The number of benzene rings is 1. The average Bonchev–Trinajstić information content (AvgIpc) is 3.31. The topological polar surface area (TPSA) is 65.5 Å². The Kier molecular flexibility index (Phi) is 4.21. The van der Waals surface area contributed by atoms with Crippen molar-refractivity contribution in [3.8, 4) is 0 Å². The molecule has 1 aromatic carbocycles. The van der Waals surface area contributed by atoms with Crippen molar-refractivity contribution < 1.29 is 9.18 Å². The third-order valence-electron chi connectivity index (χ3n) is 5.34. The van der Waals surface area contributed by atoms with Crippen molar-refractivity contribution in [2.24, 2.45) is 0 Å². The Morgan fingerprint density at radius 3 is 2.79 bits per heavy atom. The molecule has 0 unspecified atom stereocenters. The van der Waals surface area contributed by atoms with E-state index < -0.39 is 0 Å². The lowest BCUT2D eigenvalue weighted by Crippen LogP contribution is -2.47. The van der Waals surface area contributed by atoms with Gasteiger partial charge in [0.2, 0.25) is 0 Å². The van der Waals surface area contributed by atoms with Crippen LogP contribution in [0, 0.1) is 5.82 Å². The first-order valence-electron chi connectivity index (χ1n) is 9.25. The van der Waals surface area contributed by atoms with Gasteiger partial charge in [-0.1, -0.05) is 11.3 Å². The number of hydrogen-bond acceptors (Lipinski definition) is 7. The second kappa shape index (κ2) is 6.75. The molecule has 3 aromatic rings. The van der Waals surface area contributed by atoms with Gasteiger partial charge in [0.15, 0.2) is 10.8 Å². The van der Waals surface area contributed by atoms with Crippen molar-refractivity contribution >= 4 is 39.1 Å². The van der Waals surface area contributed by atoms with Crippen molar-refractivity contribution in [1.29, 1.82) is 0 Å². The van der Waals surface area contributed by atoms with Crippen molar-refractivity contribution in [2.75, 3.05) is 44.7 Å². The molecule has 2 aromatic heterocycles. The number of thiazole rings is 1. The number of hydrogen-bond donors (Lipinski definition) is 0. The molecule has 0 spiro atoms. The monoisotopic (exact) mass is 398 g/mol. The molecule has 2 aliphatic heterocycles. The molecule has 5 rings (SSSR count). The molecule has 0 atom stereocenters. The number of fused-ring (bicyclic) bond motifs is 2. The number of likely N-dealkylation sites (N-methyl/N-ethyl adjacent to an activating group) is 1. The van der Waals surface area contributed by atoms with Crippen LogP contribution in [-0.2, 0) is 6.42 Å². The maximum atomic E-state index is 13.5. The van der Waals surface area contributed by atoms with Gasteiger partial charge in [-0.25, -0.2) is 19.3 Å². The number of carbonyl (C=O) groups is 1. The van der Waals surface area contributed by atoms with Gasteiger partial charge in [-0.2, -0.15) is 0 Å². The predicted octanol–water partition coefficient (Wildman–Crippen LogP) is 2.31. The molecule has 0 aliphatic carbocycles. The highest BCUT2D eigenvalue weighted by Crippen LogP contribution is 2.37. The Hall–Kier alpha value is -2.65. The lowest BCUT2D eigenvalue weighted by molar-refractivity contribution is 0.0664. The number of amides is 1. The van der Waals surface area contributed by atoms with Crippen molar-refractivity contribution in [3.63, 3.8) is 0 Å². The molecule has 4 heterocycles. The molecule has 1 saturated heterocycles. The Balaban J connectivity index is 1.50. The van der Waals surface area contributed by atoms with E-state index in [0.717, 1.165) is 30.8 Å². The maximum absolute atomic E-state index is 13.5. The van der Waals surface area contributed by atoms with Gasteiger partial charge in [0.1, 0.15) is 22.5 Å². The van der Waals surface area contributed by atoms with Crippen LogP contribution in [0.25, 0.3) is 10.3 Å². The Morgan fingerprint density at radius 2 is 1.96 bits per heavy atom. The van der Waals surface area contributed by atoms with Crippen LogP contribution in [0.4, 0.5) is 15.9 Å².